The molecule has 1 N–H and O–H groups in total. The number of carbonyl (C=O) groups excluding carboxylic acids is 1. The molecule has 1 aromatic heterocycles. The van der Waals surface area contributed by atoms with Gasteiger partial charge in [-0.05, 0) is 44.3 Å². The highest BCUT2D eigenvalue weighted by molar-refractivity contribution is 5.94. The zero-order chi connectivity index (χ0) is 15.5. The number of aromatic amines is 1. The fourth-order valence-corrected chi connectivity index (χ4v) is 2.99. The van der Waals surface area contributed by atoms with Crippen molar-refractivity contribution in [2.75, 3.05) is 27.2 Å². The Labute approximate surface area is 130 Å². The Morgan fingerprint density at radius 2 is 2.09 bits per heavy atom. The number of hydrogen-bond donors (Lipinski definition) is 1. The van der Waals surface area contributed by atoms with Crippen LogP contribution in [0.1, 0.15) is 34.0 Å². The summed E-state index contributed by atoms with van der Waals surface area (Å²) in [5.41, 5.74) is 3.11. The lowest BCUT2D eigenvalue weighted by atomic mass is 10.1. The molecule has 1 aromatic carbocycles. The monoisotopic (exact) mass is 298 g/mol. The summed E-state index contributed by atoms with van der Waals surface area (Å²) in [5.74, 6) is 0.498. The zero-order valence-corrected chi connectivity index (χ0v) is 13.1. The Hall–Kier alpha value is -2.14. The summed E-state index contributed by atoms with van der Waals surface area (Å²) in [6, 6.07) is 9.94. The van der Waals surface area contributed by atoms with Crippen LogP contribution in [0, 0.1) is 0 Å². The maximum Gasteiger partial charge on any atom is 0.253 e. The van der Waals surface area contributed by atoms with Crippen LogP contribution in [0.5, 0.6) is 0 Å². The lowest BCUT2D eigenvalue weighted by Gasteiger charge is -2.17. The van der Waals surface area contributed by atoms with Gasteiger partial charge >= 0.3 is 0 Å². The molecule has 1 saturated heterocycles. The minimum atomic E-state index is 0.124. The van der Waals surface area contributed by atoms with E-state index in [0.29, 0.717) is 5.92 Å². The van der Waals surface area contributed by atoms with E-state index < -0.39 is 0 Å². The lowest BCUT2D eigenvalue weighted by Crippen LogP contribution is -2.28. The number of rotatable bonds is 4. The Kier molecular flexibility index (Phi) is 4.24. The summed E-state index contributed by atoms with van der Waals surface area (Å²) in [5, 5.41) is 7.01. The molecule has 0 saturated carbocycles. The minimum absolute atomic E-state index is 0.124. The van der Waals surface area contributed by atoms with Gasteiger partial charge in [0, 0.05) is 43.0 Å². The second kappa shape index (κ2) is 6.32. The Bertz CT molecular complexity index is 619. The van der Waals surface area contributed by atoms with Gasteiger partial charge in [0.15, 0.2) is 0 Å². The summed E-state index contributed by atoms with van der Waals surface area (Å²) in [7, 11) is 4.08. The Morgan fingerprint density at radius 3 is 2.73 bits per heavy atom. The predicted octanol–water partition coefficient (Wildman–Crippen LogP) is 2.10. The van der Waals surface area contributed by atoms with E-state index in [1.807, 2.05) is 49.3 Å². The van der Waals surface area contributed by atoms with Crippen LogP contribution in [-0.4, -0.2) is 53.1 Å². The molecule has 3 rings (SSSR count). The number of carbonyl (C=O) groups is 1. The van der Waals surface area contributed by atoms with Gasteiger partial charge in [0.1, 0.15) is 0 Å². The number of H-pyrrole nitrogens is 1. The van der Waals surface area contributed by atoms with E-state index in [2.05, 4.69) is 15.1 Å². The first-order valence-corrected chi connectivity index (χ1v) is 7.65. The third kappa shape index (κ3) is 3.20. The van der Waals surface area contributed by atoms with E-state index in [1.165, 1.54) is 5.56 Å². The average Bonchev–Trinajstić information content (AvgIpc) is 3.18. The van der Waals surface area contributed by atoms with Crippen molar-refractivity contribution in [3.05, 3.63) is 53.3 Å². The molecule has 5 nitrogen and oxygen atoms in total. The molecule has 0 aliphatic carbocycles. The molecule has 0 bridgehead atoms. The molecule has 1 fully saturated rings. The van der Waals surface area contributed by atoms with Gasteiger partial charge in [0.05, 0.1) is 0 Å². The normalized spacial score (nSPS) is 18.1. The highest BCUT2D eigenvalue weighted by Crippen LogP contribution is 2.26. The van der Waals surface area contributed by atoms with Crippen LogP contribution in [0.15, 0.2) is 36.5 Å². The van der Waals surface area contributed by atoms with E-state index in [1.54, 1.807) is 6.20 Å². The fourth-order valence-electron chi connectivity index (χ4n) is 2.99. The maximum atomic E-state index is 12.6. The van der Waals surface area contributed by atoms with E-state index in [0.717, 1.165) is 37.3 Å². The molecule has 1 aliphatic heterocycles. The van der Waals surface area contributed by atoms with Crippen LogP contribution in [0.3, 0.4) is 0 Å². The third-order valence-electron chi connectivity index (χ3n) is 4.14. The highest BCUT2D eigenvalue weighted by atomic mass is 16.2. The minimum Gasteiger partial charge on any atom is -0.338 e. The van der Waals surface area contributed by atoms with Crippen molar-refractivity contribution in [2.45, 2.75) is 18.9 Å². The molecule has 5 heteroatoms. The smallest absolute Gasteiger partial charge is 0.253 e. The van der Waals surface area contributed by atoms with Crippen LogP contribution in [0.2, 0.25) is 0 Å². The number of benzene rings is 1. The van der Waals surface area contributed by atoms with Crippen molar-refractivity contribution in [3.63, 3.8) is 0 Å². The average molecular weight is 298 g/mol. The van der Waals surface area contributed by atoms with Gasteiger partial charge < -0.3 is 9.80 Å². The van der Waals surface area contributed by atoms with Crippen LogP contribution < -0.4 is 0 Å². The molecular formula is C17H22N4O. The number of nitrogens with zero attached hydrogens (tertiary/aromatic N) is 3. The molecule has 116 valence electrons. The van der Waals surface area contributed by atoms with Crippen LogP contribution in [0.25, 0.3) is 0 Å². The molecule has 0 spiro atoms. The molecule has 2 aromatic rings. The second-order valence-electron chi connectivity index (χ2n) is 6.18. The van der Waals surface area contributed by atoms with E-state index in [4.69, 9.17) is 0 Å². The number of hydrogen-bond acceptors (Lipinski definition) is 3. The molecule has 0 radical (unpaired) electrons. The second-order valence-corrected chi connectivity index (χ2v) is 6.18. The molecular weight excluding hydrogens is 276 g/mol. The van der Waals surface area contributed by atoms with E-state index >= 15 is 0 Å². The van der Waals surface area contributed by atoms with Gasteiger partial charge in [-0.15, -0.1) is 0 Å². The summed E-state index contributed by atoms with van der Waals surface area (Å²) < 4.78 is 0. The van der Waals surface area contributed by atoms with Crippen LogP contribution in [0.4, 0.5) is 0 Å². The number of likely N-dealkylation sites (tertiary alicyclic amines) is 1. The van der Waals surface area contributed by atoms with Crippen molar-refractivity contribution in [1.29, 1.82) is 0 Å². The Morgan fingerprint density at radius 1 is 1.32 bits per heavy atom. The van der Waals surface area contributed by atoms with Crippen LogP contribution >= 0.6 is 0 Å². The Balaban J connectivity index is 1.64. The quantitative estimate of drug-likeness (QED) is 0.940. The van der Waals surface area contributed by atoms with Crippen molar-refractivity contribution < 1.29 is 4.79 Å². The first kappa shape index (κ1) is 14.8. The maximum absolute atomic E-state index is 12.6. The predicted molar refractivity (Wildman–Crippen MR) is 85.7 cm³/mol. The van der Waals surface area contributed by atoms with Crippen molar-refractivity contribution in [2.24, 2.45) is 0 Å². The van der Waals surface area contributed by atoms with E-state index in [9.17, 15) is 4.79 Å². The molecule has 1 atom stereocenters. The molecule has 22 heavy (non-hydrogen) atoms. The van der Waals surface area contributed by atoms with Gasteiger partial charge in [0.25, 0.3) is 5.91 Å². The SMILES string of the molecule is CN(C)Cc1ccc(C(=O)N2CCC(c3ccn[nH]3)C2)cc1. The largest absolute Gasteiger partial charge is 0.338 e. The van der Waals surface area contributed by atoms with Gasteiger partial charge in [-0.1, -0.05) is 12.1 Å². The van der Waals surface area contributed by atoms with Crippen molar-refractivity contribution in [1.82, 2.24) is 20.0 Å². The van der Waals surface area contributed by atoms with Crippen molar-refractivity contribution >= 4 is 5.91 Å². The number of nitrogens with one attached hydrogen (secondary N) is 1. The number of amides is 1. The highest BCUT2D eigenvalue weighted by Gasteiger charge is 2.28. The summed E-state index contributed by atoms with van der Waals surface area (Å²) >= 11 is 0. The summed E-state index contributed by atoms with van der Waals surface area (Å²) in [6.07, 6.45) is 2.76. The number of aromatic nitrogens is 2. The van der Waals surface area contributed by atoms with Crippen molar-refractivity contribution in [3.8, 4) is 0 Å². The van der Waals surface area contributed by atoms with E-state index in [-0.39, 0.29) is 5.91 Å². The first-order chi connectivity index (χ1) is 10.6. The lowest BCUT2D eigenvalue weighted by molar-refractivity contribution is 0.0790. The van der Waals surface area contributed by atoms with Gasteiger partial charge in [-0.2, -0.15) is 5.10 Å². The summed E-state index contributed by atoms with van der Waals surface area (Å²) in [6.45, 7) is 2.46. The van der Waals surface area contributed by atoms with Gasteiger partial charge in [-0.3, -0.25) is 9.89 Å². The molecule has 2 heterocycles. The van der Waals surface area contributed by atoms with Gasteiger partial charge in [0.2, 0.25) is 0 Å². The van der Waals surface area contributed by atoms with Gasteiger partial charge in [-0.25, -0.2) is 0 Å². The third-order valence-corrected chi connectivity index (χ3v) is 4.14. The standard InChI is InChI=1S/C17H22N4O/c1-20(2)11-13-3-5-14(6-4-13)17(22)21-10-8-15(12-21)16-7-9-18-19-16/h3-7,9,15H,8,10-12H2,1-2H3,(H,18,19). The molecule has 1 unspecified atom stereocenters. The summed E-state index contributed by atoms with van der Waals surface area (Å²) in [4.78, 5) is 16.6. The zero-order valence-electron chi connectivity index (χ0n) is 13.1. The topological polar surface area (TPSA) is 52.2 Å². The molecule has 1 aliphatic rings. The first-order valence-electron chi connectivity index (χ1n) is 7.65. The van der Waals surface area contributed by atoms with Crippen LogP contribution in [-0.2, 0) is 6.54 Å². The molecule has 1 amide bonds. The fraction of sp³-hybridized carbons (Fsp3) is 0.412.